The zero-order chi connectivity index (χ0) is 22.3. The normalized spacial score (nSPS) is 20.4. The number of carbonyl (C=O) groups excluding carboxylic acids is 2. The molecule has 10 heteroatoms. The van der Waals surface area contributed by atoms with Gasteiger partial charge in [0.15, 0.2) is 0 Å². The lowest BCUT2D eigenvalue weighted by atomic mass is 9.98. The van der Waals surface area contributed by atoms with E-state index in [1.165, 1.54) is 25.8 Å². The number of rotatable bonds is 8. The third-order valence-corrected chi connectivity index (χ3v) is 6.16. The van der Waals surface area contributed by atoms with Crippen molar-refractivity contribution in [1.29, 1.82) is 0 Å². The smallest absolute Gasteiger partial charge is 0.328 e. The zero-order valence-corrected chi connectivity index (χ0v) is 18.3. The number of likely N-dealkylation sites (tertiary alicyclic amines) is 1. The number of halogens is 1. The molecule has 1 fully saturated rings. The van der Waals surface area contributed by atoms with Crippen molar-refractivity contribution in [1.82, 2.24) is 4.90 Å². The minimum Gasteiger partial charge on any atom is -0.478 e. The van der Waals surface area contributed by atoms with E-state index in [-0.39, 0.29) is 17.7 Å². The van der Waals surface area contributed by atoms with Gasteiger partial charge >= 0.3 is 17.9 Å². The number of methoxy groups -OCH3 is 1. The van der Waals surface area contributed by atoms with Gasteiger partial charge in [-0.15, -0.1) is 11.8 Å². The predicted octanol–water partition coefficient (Wildman–Crippen LogP) is 2.22. The summed E-state index contributed by atoms with van der Waals surface area (Å²) in [6.07, 6.45) is 1.69. The first-order valence-corrected chi connectivity index (χ1v) is 10.7. The first-order valence-electron chi connectivity index (χ1n) is 9.28. The van der Waals surface area contributed by atoms with Crippen LogP contribution in [0.2, 0.25) is 5.02 Å². The van der Waals surface area contributed by atoms with E-state index in [1.807, 2.05) is 4.90 Å². The molecule has 0 spiro atoms. The lowest BCUT2D eigenvalue weighted by Crippen LogP contribution is -2.43. The highest BCUT2D eigenvalue weighted by Crippen LogP contribution is 2.35. The molecule has 1 aliphatic rings. The van der Waals surface area contributed by atoms with Gasteiger partial charge in [-0.05, 0) is 30.5 Å². The van der Waals surface area contributed by atoms with Gasteiger partial charge in [-0.1, -0.05) is 29.8 Å². The van der Waals surface area contributed by atoms with E-state index in [1.54, 1.807) is 24.3 Å². The van der Waals surface area contributed by atoms with Crippen LogP contribution in [0.3, 0.4) is 0 Å². The minimum absolute atomic E-state index is 0.0624. The Kier molecular flexibility index (Phi) is 9.16. The van der Waals surface area contributed by atoms with E-state index in [2.05, 4.69) is 0 Å². The molecule has 1 aromatic carbocycles. The molecule has 8 nitrogen and oxygen atoms in total. The second-order valence-corrected chi connectivity index (χ2v) is 8.33. The average molecular weight is 457 g/mol. The Bertz CT molecular complexity index is 816. The minimum atomic E-state index is -1.09. The SMILES string of the molecule is COC(=O)[C@H](c1ccccc1Cl)N1CCC(SCOC(=O)C(C)N)/C(=C\C(=O)O)C1. The first-order chi connectivity index (χ1) is 14.2. The van der Waals surface area contributed by atoms with Crippen LogP contribution >= 0.6 is 23.4 Å². The molecule has 30 heavy (non-hydrogen) atoms. The monoisotopic (exact) mass is 456 g/mol. The number of carbonyl (C=O) groups is 3. The molecule has 0 amide bonds. The summed E-state index contributed by atoms with van der Waals surface area (Å²) in [6, 6.07) is 5.50. The summed E-state index contributed by atoms with van der Waals surface area (Å²) in [5.41, 5.74) is 6.68. The molecule has 1 heterocycles. The van der Waals surface area contributed by atoms with Crippen molar-refractivity contribution >= 4 is 41.3 Å². The molecule has 0 radical (unpaired) electrons. The Morgan fingerprint density at radius 2 is 2.07 bits per heavy atom. The number of piperidine rings is 1. The molecule has 164 valence electrons. The number of thioether (sulfide) groups is 1. The van der Waals surface area contributed by atoms with E-state index in [0.29, 0.717) is 29.1 Å². The van der Waals surface area contributed by atoms with Gasteiger partial charge in [-0.3, -0.25) is 9.69 Å². The number of carboxylic acids is 1. The number of nitrogens with zero attached hydrogens (tertiary/aromatic N) is 1. The van der Waals surface area contributed by atoms with Gasteiger partial charge in [0, 0.05) is 29.4 Å². The standard InChI is InChI=1S/C20H25ClN2O6S/c1-12(22)19(26)29-11-30-16-7-8-23(10-13(16)9-17(24)25)18(20(27)28-2)14-5-3-4-6-15(14)21/h3-6,9,12,16,18H,7-8,10-11,22H2,1-2H3,(H,24,25)/b13-9-/t12?,16?,18-/m0/s1. The second-order valence-electron chi connectivity index (χ2n) is 6.79. The lowest BCUT2D eigenvalue weighted by molar-refractivity contribution is -0.147. The van der Waals surface area contributed by atoms with Crippen molar-refractivity contribution in [3.05, 3.63) is 46.5 Å². The molecule has 0 aliphatic carbocycles. The average Bonchev–Trinajstić information content (AvgIpc) is 2.70. The van der Waals surface area contributed by atoms with E-state index in [0.717, 1.165) is 6.08 Å². The van der Waals surface area contributed by atoms with Crippen LogP contribution in [0, 0.1) is 0 Å². The maximum Gasteiger partial charge on any atom is 0.328 e. The fourth-order valence-electron chi connectivity index (χ4n) is 3.18. The van der Waals surface area contributed by atoms with Crippen molar-refractivity contribution < 1.29 is 29.0 Å². The number of esters is 2. The topological polar surface area (TPSA) is 119 Å². The maximum atomic E-state index is 12.6. The quantitative estimate of drug-likeness (QED) is 0.344. The van der Waals surface area contributed by atoms with Crippen molar-refractivity contribution in [2.24, 2.45) is 5.73 Å². The van der Waals surface area contributed by atoms with Crippen LogP contribution in [-0.4, -0.2) is 65.3 Å². The highest BCUT2D eigenvalue weighted by Gasteiger charge is 2.35. The van der Waals surface area contributed by atoms with Crippen molar-refractivity contribution in [2.45, 2.75) is 30.7 Å². The summed E-state index contributed by atoms with van der Waals surface area (Å²) in [5, 5.41) is 9.54. The van der Waals surface area contributed by atoms with Gasteiger partial charge in [-0.25, -0.2) is 9.59 Å². The van der Waals surface area contributed by atoms with Crippen molar-refractivity contribution in [2.75, 3.05) is 26.1 Å². The lowest BCUT2D eigenvalue weighted by Gasteiger charge is -2.38. The molecule has 1 aliphatic heterocycles. The van der Waals surface area contributed by atoms with Gasteiger partial charge < -0.3 is 20.3 Å². The summed E-state index contributed by atoms with van der Waals surface area (Å²) in [6.45, 7) is 2.26. The number of nitrogens with two attached hydrogens (primary N) is 1. The number of hydrogen-bond acceptors (Lipinski definition) is 8. The Balaban J connectivity index is 2.20. The third-order valence-electron chi connectivity index (χ3n) is 4.62. The van der Waals surface area contributed by atoms with Crippen LogP contribution in [0.5, 0.6) is 0 Å². The molecule has 3 N–H and O–H groups in total. The summed E-state index contributed by atoms with van der Waals surface area (Å²) < 4.78 is 10.1. The van der Waals surface area contributed by atoms with Gasteiger partial charge in [0.1, 0.15) is 18.0 Å². The number of benzene rings is 1. The van der Waals surface area contributed by atoms with Crippen LogP contribution in [0.4, 0.5) is 0 Å². The highest BCUT2D eigenvalue weighted by molar-refractivity contribution is 7.99. The van der Waals surface area contributed by atoms with E-state index < -0.39 is 30.0 Å². The number of ether oxygens (including phenoxy) is 2. The molecule has 0 aromatic heterocycles. The van der Waals surface area contributed by atoms with Crippen LogP contribution in [-0.2, 0) is 23.9 Å². The molecule has 1 aromatic rings. The molecule has 2 rings (SSSR count). The van der Waals surface area contributed by atoms with Gasteiger partial charge in [-0.2, -0.15) is 0 Å². The molecule has 0 bridgehead atoms. The Hall–Kier alpha value is -2.07. The van der Waals surface area contributed by atoms with Crippen LogP contribution < -0.4 is 5.73 Å². The third kappa shape index (κ3) is 6.46. The van der Waals surface area contributed by atoms with Gasteiger partial charge in [0.05, 0.1) is 7.11 Å². The summed E-state index contributed by atoms with van der Waals surface area (Å²) in [4.78, 5) is 37.3. The largest absolute Gasteiger partial charge is 0.478 e. The fraction of sp³-hybridized carbons (Fsp3) is 0.450. The summed E-state index contributed by atoms with van der Waals surface area (Å²) in [5.74, 6) is -2.02. The van der Waals surface area contributed by atoms with Crippen LogP contribution in [0.25, 0.3) is 0 Å². The molecular weight excluding hydrogens is 432 g/mol. The van der Waals surface area contributed by atoms with Crippen LogP contribution in [0.1, 0.15) is 24.9 Å². The van der Waals surface area contributed by atoms with Crippen LogP contribution in [0.15, 0.2) is 35.9 Å². The molecule has 1 saturated heterocycles. The molecule has 3 atom stereocenters. The summed E-state index contributed by atoms with van der Waals surface area (Å²) >= 11 is 7.63. The number of carboxylic acid groups (broad SMARTS) is 1. The van der Waals surface area contributed by atoms with E-state index >= 15 is 0 Å². The fourth-order valence-corrected chi connectivity index (χ4v) is 4.39. The Morgan fingerprint density at radius 1 is 1.37 bits per heavy atom. The van der Waals surface area contributed by atoms with Crippen molar-refractivity contribution in [3.63, 3.8) is 0 Å². The van der Waals surface area contributed by atoms with E-state index in [9.17, 15) is 19.5 Å². The first kappa shape index (κ1) is 24.2. The Labute approximate surface area is 184 Å². The zero-order valence-electron chi connectivity index (χ0n) is 16.7. The second kappa shape index (κ2) is 11.4. The van der Waals surface area contributed by atoms with E-state index in [4.69, 9.17) is 26.8 Å². The van der Waals surface area contributed by atoms with Crippen molar-refractivity contribution in [3.8, 4) is 0 Å². The Morgan fingerprint density at radius 3 is 2.67 bits per heavy atom. The molecular formula is C20H25ClN2O6S. The van der Waals surface area contributed by atoms with Gasteiger partial charge in [0.2, 0.25) is 0 Å². The molecule has 0 saturated carbocycles. The highest BCUT2D eigenvalue weighted by atomic mass is 35.5. The van der Waals surface area contributed by atoms with Gasteiger partial charge in [0.25, 0.3) is 0 Å². The number of hydrogen-bond donors (Lipinski definition) is 2. The maximum absolute atomic E-state index is 12.6. The number of aliphatic carboxylic acids is 1. The summed E-state index contributed by atoms with van der Waals surface area (Å²) in [7, 11) is 1.30. The predicted molar refractivity (Wildman–Crippen MR) is 114 cm³/mol. The molecule has 2 unspecified atom stereocenters.